The summed E-state index contributed by atoms with van der Waals surface area (Å²) < 4.78 is 38.1. The SMILES string of the molecule is CN(CC(F)(F)F)C(=O)N1CCC[C@H]1C1CCN(C2CC3(CCN(C(=O)O)C3)C2)CC1. The fraction of sp³-hybridized carbons (Fsp3) is 0.905. The molecule has 0 aromatic carbocycles. The van der Waals surface area contributed by atoms with Gasteiger partial charge in [0.2, 0.25) is 0 Å². The highest BCUT2D eigenvalue weighted by Crippen LogP contribution is 2.50. The van der Waals surface area contributed by atoms with Crippen molar-refractivity contribution in [2.24, 2.45) is 11.3 Å². The summed E-state index contributed by atoms with van der Waals surface area (Å²) in [5.74, 6) is 0.338. The van der Waals surface area contributed by atoms with Crippen LogP contribution in [0.2, 0.25) is 0 Å². The second-order valence-corrected chi connectivity index (χ2v) is 10.0. The molecule has 10 heteroatoms. The summed E-state index contributed by atoms with van der Waals surface area (Å²) in [5.41, 5.74) is 0.164. The van der Waals surface area contributed by atoms with Crippen LogP contribution in [0, 0.1) is 11.3 Å². The van der Waals surface area contributed by atoms with E-state index in [9.17, 15) is 27.9 Å². The van der Waals surface area contributed by atoms with Gasteiger partial charge in [-0.3, -0.25) is 0 Å². The molecule has 0 aromatic heterocycles. The molecule has 3 amide bonds. The second-order valence-electron chi connectivity index (χ2n) is 10.0. The van der Waals surface area contributed by atoms with Crippen molar-refractivity contribution < 1.29 is 27.9 Å². The Bertz CT molecular complexity index is 690. The Labute approximate surface area is 181 Å². The molecule has 31 heavy (non-hydrogen) atoms. The Morgan fingerprint density at radius 3 is 2.35 bits per heavy atom. The normalized spacial score (nSPS) is 32.5. The number of carbonyl (C=O) groups excluding carboxylic acids is 1. The number of amides is 3. The number of hydrogen-bond donors (Lipinski definition) is 1. The lowest BCUT2D eigenvalue weighted by Crippen LogP contribution is -2.55. The van der Waals surface area contributed by atoms with Crippen LogP contribution in [0.5, 0.6) is 0 Å². The predicted molar refractivity (Wildman–Crippen MR) is 108 cm³/mol. The summed E-state index contributed by atoms with van der Waals surface area (Å²) in [6.45, 7) is 2.52. The van der Waals surface area contributed by atoms with Crippen molar-refractivity contribution in [2.75, 3.05) is 46.3 Å². The molecular formula is C21H33F3N4O3. The third kappa shape index (κ3) is 4.73. The number of urea groups is 1. The molecule has 0 radical (unpaired) electrons. The average Bonchev–Trinajstić information content (AvgIpc) is 3.32. The first-order valence-electron chi connectivity index (χ1n) is 11.4. The number of halogens is 3. The van der Waals surface area contributed by atoms with Crippen LogP contribution in [-0.4, -0.2) is 101 Å². The largest absolute Gasteiger partial charge is 0.465 e. The van der Waals surface area contributed by atoms with Gasteiger partial charge in [0.1, 0.15) is 6.54 Å². The molecule has 0 bridgehead atoms. The lowest BCUT2D eigenvalue weighted by molar-refractivity contribution is -0.138. The zero-order chi connectivity index (χ0) is 22.4. The molecule has 3 aliphatic heterocycles. The smallest absolute Gasteiger partial charge is 0.407 e. The summed E-state index contributed by atoms with van der Waals surface area (Å²) in [6, 6.07) is 0.0401. The van der Waals surface area contributed by atoms with Crippen LogP contribution in [0.15, 0.2) is 0 Å². The minimum Gasteiger partial charge on any atom is -0.465 e. The van der Waals surface area contributed by atoms with E-state index in [0.29, 0.717) is 31.6 Å². The summed E-state index contributed by atoms with van der Waals surface area (Å²) in [4.78, 5) is 30.3. The van der Waals surface area contributed by atoms with Crippen LogP contribution in [0.25, 0.3) is 0 Å². The molecule has 3 heterocycles. The molecule has 4 aliphatic rings. The van der Waals surface area contributed by atoms with Gasteiger partial charge in [-0.15, -0.1) is 0 Å². The van der Waals surface area contributed by atoms with Gasteiger partial charge in [-0.2, -0.15) is 13.2 Å². The van der Waals surface area contributed by atoms with Gasteiger partial charge in [-0.05, 0) is 69.4 Å². The lowest BCUT2D eigenvalue weighted by Gasteiger charge is -2.52. The second kappa shape index (κ2) is 8.33. The van der Waals surface area contributed by atoms with Crippen molar-refractivity contribution in [2.45, 2.75) is 63.2 Å². The van der Waals surface area contributed by atoms with Gasteiger partial charge in [-0.25, -0.2) is 9.59 Å². The van der Waals surface area contributed by atoms with E-state index in [1.165, 1.54) is 11.9 Å². The third-order valence-corrected chi connectivity index (χ3v) is 7.97. The van der Waals surface area contributed by atoms with Crippen LogP contribution in [0.1, 0.15) is 44.9 Å². The molecule has 1 spiro atoms. The van der Waals surface area contributed by atoms with Crippen molar-refractivity contribution >= 4 is 12.1 Å². The topological polar surface area (TPSA) is 67.3 Å². The summed E-state index contributed by atoms with van der Waals surface area (Å²) >= 11 is 0. The summed E-state index contributed by atoms with van der Waals surface area (Å²) in [6.07, 6.45) is 1.50. The standard InChI is InChI=1S/C21H33F3N4O3/c1-25(14-21(22,23)24)18(29)28-7-2-3-17(28)15-4-8-26(9-5-15)16-11-20(12-16)6-10-27(13-20)19(30)31/h15-17H,2-14H2,1H3,(H,30,31)/t16?,17-,20?/m0/s1. The van der Waals surface area contributed by atoms with E-state index in [1.807, 2.05) is 0 Å². The monoisotopic (exact) mass is 446 g/mol. The van der Waals surface area contributed by atoms with E-state index in [-0.39, 0.29) is 11.5 Å². The van der Waals surface area contributed by atoms with Gasteiger partial charge in [0, 0.05) is 38.8 Å². The van der Waals surface area contributed by atoms with Crippen molar-refractivity contribution in [3.63, 3.8) is 0 Å². The minimum absolute atomic E-state index is 0.0389. The van der Waals surface area contributed by atoms with Gasteiger partial charge in [-0.1, -0.05) is 0 Å². The molecule has 0 aromatic rings. The van der Waals surface area contributed by atoms with E-state index >= 15 is 0 Å². The quantitative estimate of drug-likeness (QED) is 0.722. The minimum atomic E-state index is -4.38. The van der Waals surface area contributed by atoms with Crippen LogP contribution in [0.4, 0.5) is 22.8 Å². The Balaban J connectivity index is 1.25. The highest BCUT2D eigenvalue weighted by molar-refractivity contribution is 5.75. The maximum atomic E-state index is 12.7. The summed E-state index contributed by atoms with van der Waals surface area (Å²) in [5, 5.41) is 9.19. The van der Waals surface area contributed by atoms with E-state index in [2.05, 4.69) is 4.90 Å². The Kier molecular flexibility index (Phi) is 6.04. The molecule has 1 N–H and O–H groups in total. The highest BCUT2D eigenvalue weighted by atomic mass is 19.4. The predicted octanol–water partition coefficient (Wildman–Crippen LogP) is 3.31. The molecule has 3 saturated heterocycles. The van der Waals surface area contributed by atoms with Gasteiger partial charge < -0.3 is 24.7 Å². The first kappa shape index (κ1) is 22.5. The first-order chi connectivity index (χ1) is 14.6. The number of likely N-dealkylation sites (tertiary alicyclic amines) is 3. The number of rotatable bonds is 3. The fourth-order valence-corrected chi connectivity index (χ4v) is 6.37. The number of piperidine rings is 1. The van der Waals surface area contributed by atoms with Gasteiger partial charge >= 0.3 is 18.3 Å². The molecule has 176 valence electrons. The zero-order valence-corrected chi connectivity index (χ0v) is 18.1. The molecule has 0 unspecified atom stereocenters. The maximum Gasteiger partial charge on any atom is 0.407 e. The van der Waals surface area contributed by atoms with Crippen LogP contribution < -0.4 is 0 Å². The molecular weight excluding hydrogens is 413 g/mol. The lowest BCUT2D eigenvalue weighted by atomic mass is 9.64. The van der Waals surface area contributed by atoms with E-state index in [0.717, 1.165) is 62.9 Å². The highest BCUT2D eigenvalue weighted by Gasteiger charge is 2.51. The Morgan fingerprint density at radius 2 is 1.77 bits per heavy atom. The Hall–Kier alpha value is -1.71. The third-order valence-electron chi connectivity index (χ3n) is 7.97. The van der Waals surface area contributed by atoms with E-state index in [1.54, 1.807) is 4.90 Å². The van der Waals surface area contributed by atoms with Crippen LogP contribution >= 0.6 is 0 Å². The van der Waals surface area contributed by atoms with Gasteiger partial charge in [0.15, 0.2) is 0 Å². The van der Waals surface area contributed by atoms with Crippen LogP contribution in [0.3, 0.4) is 0 Å². The summed E-state index contributed by atoms with van der Waals surface area (Å²) in [7, 11) is 1.23. The molecule has 7 nitrogen and oxygen atoms in total. The molecule has 1 atom stereocenters. The van der Waals surface area contributed by atoms with Crippen LogP contribution in [-0.2, 0) is 0 Å². The molecule has 4 fully saturated rings. The average molecular weight is 447 g/mol. The van der Waals surface area contributed by atoms with Gasteiger partial charge in [0.25, 0.3) is 0 Å². The maximum absolute atomic E-state index is 12.7. The number of carboxylic acid groups (broad SMARTS) is 1. The Morgan fingerprint density at radius 1 is 1.10 bits per heavy atom. The van der Waals surface area contributed by atoms with Crippen molar-refractivity contribution in [3.8, 4) is 0 Å². The molecule has 1 aliphatic carbocycles. The number of carbonyl (C=O) groups is 2. The number of hydrogen-bond acceptors (Lipinski definition) is 3. The van der Waals surface area contributed by atoms with Crippen molar-refractivity contribution in [3.05, 3.63) is 0 Å². The van der Waals surface area contributed by atoms with Gasteiger partial charge in [0.05, 0.1) is 0 Å². The molecule has 1 saturated carbocycles. The fourth-order valence-electron chi connectivity index (χ4n) is 6.37. The number of nitrogens with zero attached hydrogens (tertiary/aromatic N) is 4. The first-order valence-corrected chi connectivity index (χ1v) is 11.4. The van der Waals surface area contributed by atoms with E-state index < -0.39 is 24.8 Å². The zero-order valence-electron chi connectivity index (χ0n) is 18.1. The number of alkyl halides is 3. The van der Waals surface area contributed by atoms with Crippen molar-refractivity contribution in [1.29, 1.82) is 0 Å². The van der Waals surface area contributed by atoms with E-state index in [4.69, 9.17) is 0 Å². The van der Waals surface area contributed by atoms with Crippen molar-refractivity contribution in [1.82, 2.24) is 19.6 Å². The molecule has 4 rings (SSSR count).